The second-order valence-electron chi connectivity index (χ2n) is 7.45. The average Bonchev–Trinajstić information content (AvgIpc) is 2.59. The molecule has 1 heterocycles. The van der Waals surface area contributed by atoms with Gasteiger partial charge in [0.2, 0.25) is 0 Å². The van der Waals surface area contributed by atoms with Crippen molar-refractivity contribution in [3.05, 3.63) is 29.3 Å². The van der Waals surface area contributed by atoms with Gasteiger partial charge in [-0.25, -0.2) is 4.79 Å². The van der Waals surface area contributed by atoms with Crippen LogP contribution in [0.15, 0.2) is 18.2 Å². The number of nitrogens with zero attached hydrogens (tertiary/aromatic N) is 1. The normalized spacial score (nSPS) is 25.2. The Morgan fingerprint density at radius 3 is 2.68 bits per heavy atom. The Kier molecular flexibility index (Phi) is 4.87. The lowest BCUT2D eigenvalue weighted by Gasteiger charge is -2.43. The first kappa shape index (κ1) is 17.6. The van der Waals surface area contributed by atoms with E-state index in [0.717, 1.165) is 25.7 Å². The van der Waals surface area contributed by atoms with E-state index in [1.165, 1.54) is 6.42 Å². The van der Waals surface area contributed by atoms with Crippen molar-refractivity contribution in [3.8, 4) is 11.8 Å². The molecule has 1 aliphatic heterocycles. The molecule has 134 valence electrons. The Morgan fingerprint density at radius 1 is 1.28 bits per heavy atom. The van der Waals surface area contributed by atoms with Gasteiger partial charge in [0.25, 0.3) is 0 Å². The van der Waals surface area contributed by atoms with E-state index in [4.69, 9.17) is 10.00 Å². The molecule has 1 aromatic rings. The summed E-state index contributed by atoms with van der Waals surface area (Å²) in [6.45, 7) is 3.67. The molecule has 2 amide bonds. The van der Waals surface area contributed by atoms with Gasteiger partial charge in [0.15, 0.2) is 0 Å². The first-order valence-corrected chi connectivity index (χ1v) is 8.89. The van der Waals surface area contributed by atoms with Crippen LogP contribution in [-0.4, -0.2) is 28.8 Å². The zero-order chi connectivity index (χ0) is 18.0. The second-order valence-corrected chi connectivity index (χ2v) is 7.45. The zero-order valence-electron chi connectivity index (χ0n) is 14.7. The first-order chi connectivity index (χ1) is 11.9. The number of carbonyl (C=O) groups excluding carboxylic acids is 1. The van der Waals surface area contributed by atoms with Gasteiger partial charge < -0.3 is 20.5 Å². The molecule has 0 radical (unpaired) electrons. The number of amides is 2. The molecule has 3 N–H and O–H groups in total. The molecule has 0 unspecified atom stereocenters. The molecule has 1 saturated carbocycles. The zero-order valence-corrected chi connectivity index (χ0v) is 14.7. The van der Waals surface area contributed by atoms with Crippen LogP contribution in [0.2, 0.25) is 0 Å². The molecule has 0 aromatic heterocycles. The minimum atomic E-state index is -0.941. The number of hydrogen-bond donors (Lipinski definition) is 3. The van der Waals surface area contributed by atoms with Gasteiger partial charge >= 0.3 is 6.03 Å². The van der Waals surface area contributed by atoms with Crippen LogP contribution in [0.5, 0.6) is 5.75 Å². The lowest BCUT2D eigenvalue weighted by Crippen LogP contribution is -2.60. The number of nitriles is 1. The molecule has 0 saturated heterocycles. The molecule has 2 aliphatic rings. The fourth-order valence-electron chi connectivity index (χ4n) is 3.72. The van der Waals surface area contributed by atoms with Crippen LogP contribution in [0.3, 0.4) is 0 Å². The summed E-state index contributed by atoms with van der Waals surface area (Å²) in [5, 5.41) is 25.7. The average molecular weight is 343 g/mol. The number of rotatable bonds is 2. The van der Waals surface area contributed by atoms with E-state index < -0.39 is 17.7 Å². The van der Waals surface area contributed by atoms with Crippen LogP contribution in [0, 0.1) is 11.3 Å². The Morgan fingerprint density at radius 2 is 2.00 bits per heavy atom. The third kappa shape index (κ3) is 3.72. The monoisotopic (exact) mass is 343 g/mol. The summed E-state index contributed by atoms with van der Waals surface area (Å²) in [4.78, 5) is 12.4. The van der Waals surface area contributed by atoms with Crippen LogP contribution in [-0.2, 0) is 0 Å². The second kappa shape index (κ2) is 6.93. The standard InChI is InChI=1S/C19H25N3O3/c1-19(2)17(22-18(24)21-13-6-4-3-5-7-13)16(23)14-10-12(11-20)8-9-15(14)25-19/h8-10,13,16-17,23H,3-7H2,1-2H3,(H2,21,22,24)/t16-,17+/m1/s1. The number of aliphatic hydroxyl groups is 1. The Bertz CT molecular complexity index is 690. The number of benzene rings is 1. The van der Waals surface area contributed by atoms with E-state index in [1.807, 2.05) is 13.8 Å². The number of fused-ring (bicyclic) bond motifs is 1. The summed E-state index contributed by atoms with van der Waals surface area (Å²) < 4.78 is 5.98. The van der Waals surface area contributed by atoms with Gasteiger partial charge in [-0.1, -0.05) is 19.3 Å². The van der Waals surface area contributed by atoms with Gasteiger partial charge in [-0.2, -0.15) is 5.26 Å². The van der Waals surface area contributed by atoms with Crippen molar-refractivity contribution in [2.75, 3.05) is 0 Å². The van der Waals surface area contributed by atoms with E-state index in [2.05, 4.69) is 16.7 Å². The summed E-state index contributed by atoms with van der Waals surface area (Å²) in [6.07, 6.45) is 4.54. The molecule has 6 nitrogen and oxygen atoms in total. The van der Waals surface area contributed by atoms with E-state index in [0.29, 0.717) is 16.9 Å². The van der Waals surface area contributed by atoms with Crippen LogP contribution in [0.1, 0.15) is 63.2 Å². The van der Waals surface area contributed by atoms with Crippen LogP contribution < -0.4 is 15.4 Å². The molecule has 1 aromatic carbocycles. The summed E-state index contributed by atoms with van der Waals surface area (Å²) >= 11 is 0. The molecular formula is C19H25N3O3. The van der Waals surface area contributed by atoms with E-state index in [-0.39, 0.29) is 12.1 Å². The maximum atomic E-state index is 12.4. The summed E-state index contributed by atoms with van der Waals surface area (Å²) in [5.74, 6) is 0.544. The highest BCUT2D eigenvalue weighted by atomic mass is 16.5. The number of nitrogens with one attached hydrogen (secondary N) is 2. The molecule has 1 fully saturated rings. The maximum absolute atomic E-state index is 12.4. The number of carbonyl (C=O) groups is 1. The highest BCUT2D eigenvalue weighted by Crippen LogP contribution is 2.40. The minimum absolute atomic E-state index is 0.191. The summed E-state index contributed by atoms with van der Waals surface area (Å²) in [6, 6.07) is 6.32. The Hall–Kier alpha value is -2.26. The first-order valence-electron chi connectivity index (χ1n) is 8.89. The van der Waals surface area contributed by atoms with Gasteiger partial charge in [-0.3, -0.25) is 0 Å². The quantitative estimate of drug-likeness (QED) is 0.769. The third-order valence-electron chi connectivity index (χ3n) is 5.12. The molecule has 0 spiro atoms. The topological polar surface area (TPSA) is 94.4 Å². The highest BCUT2D eigenvalue weighted by Gasteiger charge is 2.44. The lowest BCUT2D eigenvalue weighted by molar-refractivity contribution is -0.0230. The van der Waals surface area contributed by atoms with Gasteiger partial charge in [0.05, 0.1) is 17.7 Å². The van der Waals surface area contributed by atoms with Crippen LogP contribution in [0.25, 0.3) is 0 Å². The summed E-state index contributed by atoms with van der Waals surface area (Å²) in [5.41, 5.74) is 0.206. The number of urea groups is 1. The molecule has 6 heteroatoms. The van der Waals surface area contributed by atoms with Crippen LogP contribution in [0.4, 0.5) is 4.79 Å². The SMILES string of the molecule is CC1(C)Oc2ccc(C#N)cc2[C@@H](O)[C@@H]1NC(=O)NC1CCCCC1. The molecule has 0 bridgehead atoms. The smallest absolute Gasteiger partial charge is 0.315 e. The van der Waals surface area contributed by atoms with Crippen LogP contribution >= 0.6 is 0 Å². The van der Waals surface area contributed by atoms with E-state index >= 15 is 0 Å². The number of ether oxygens (including phenoxy) is 1. The molecule has 1 aliphatic carbocycles. The van der Waals surface area contributed by atoms with Gasteiger partial charge in [-0.05, 0) is 44.9 Å². The predicted molar refractivity (Wildman–Crippen MR) is 93.2 cm³/mol. The Balaban J connectivity index is 1.75. The molecule has 3 rings (SSSR count). The maximum Gasteiger partial charge on any atom is 0.315 e. The largest absolute Gasteiger partial charge is 0.485 e. The van der Waals surface area contributed by atoms with Gasteiger partial charge in [0.1, 0.15) is 17.5 Å². The Labute approximate surface area is 148 Å². The fraction of sp³-hybridized carbons (Fsp3) is 0.579. The van der Waals surface area contributed by atoms with Crippen molar-refractivity contribution in [2.45, 2.75) is 69.7 Å². The van der Waals surface area contributed by atoms with Gasteiger partial charge in [-0.15, -0.1) is 0 Å². The van der Waals surface area contributed by atoms with Crippen molar-refractivity contribution in [1.29, 1.82) is 5.26 Å². The molecule has 25 heavy (non-hydrogen) atoms. The third-order valence-corrected chi connectivity index (χ3v) is 5.12. The van der Waals surface area contributed by atoms with Crippen molar-refractivity contribution in [3.63, 3.8) is 0 Å². The predicted octanol–water partition coefficient (Wildman–Crippen LogP) is 2.76. The van der Waals surface area contributed by atoms with Crippen molar-refractivity contribution in [1.82, 2.24) is 10.6 Å². The highest BCUT2D eigenvalue weighted by molar-refractivity contribution is 5.75. The van der Waals surface area contributed by atoms with E-state index in [9.17, 15) is 9.90 Å². The lowest BCUT2D eigenvalue weighted by atomic mass is 9.85. The summed E-state index contributed by atoms with van der Waals surface area (Å²) in [7, 11) is 0. The van der Waals surface area contributed by atoms with Gasteiger partial charge in [0, 0.05) is 11.6 Å². The number of aliphatic hydroxyl groups excluding tert-OH is 1. The molecule has 2 atom stereocenters. The minimum Gasteiger partial charge on any atom is -0.485 e. The van der Waals surface area contributed by atoms with E-state index in [1.54, 1.807) is 18.2 Å². The van der Waals surface area contributed by atoms with Crippen molar-refractivity contribution in [2.24, 2.45) is 0 Å². The van der Waals surface area contributed by atoms with Crippen molar-refractivity contribution >= 4 is 6.03 Å². The fourth-order valence-corrected chi connectivity index (χ4v) is 3.72. The van der Waals surface area contributed by atoms with Crippen molar-refractivity contribution < 1.29 is 14.6 Å². The number of hydrogen-bond acceptors (Lipinski definition) is 4. The molecular weight excluding hydrogens is 318 g/mol.